The van der Waals surface area contributed by atoms with Gasteiger partial charge >= 0.3 is 0 Å². The van der Waals surface area contributed by atoms with Crippen molar-refractivity contribution in [1.29, 1.82) is 0 Å². The zero-order chi connectivity index (χ0) is 15.1. The first-order valence-electron chi connectivity index (χ1n) is 6.78. The Labute approximate surface area is 122 Å². The van der Waals surface area contributed by atoms with E-state index in [-0.39, 0.29) is 12.5 Å². The molecule has 2 aromatic rings. The summed E-state index contributed by atoms with van der Waals surface area (Å²) in [5.74, 6) is 1.93. The minimum atomic E-state index is -0.799. The average Bonchev–Trinajstić information content (AvgIpc) is 2.70. The zero-order valence-electron chi connectivity index (χ0n) is 12.2. The summed E-state index contributed by atoms with van der Waals surface area (Å²) in [5.41, 5.74) is 2.98. The summed E-state index contributed by atoms with van der Waals surface area (Å²) in [6.45, 7) is 5.66. The van der Waals surface area contributed by atoms with Gasteiger partial charge < -0.3 is 19.6 Å². The smallest absolute Gasteiger partial charge is 0.262 e. The van der Waals surface area contributed by atoms with Crippen LogP contribution in [0.25, 0.3) is 0 Å². The van der Waals surface area contributed by atoms with Gasteiger partial charge in [-0.05, 0) is 44.0 Å². The topological polar surface area (TPSA) is 71.7 Å². The summed E-state index contributed by atoms with van der Waals surface area (Å²) in [6.07, 6.45) is -0.799. The largest absolute Gasteiger partial charge is 0.482 e. The van der Waals surface area contributed by atoms with E-state index in [1.54, 1.807) is 18.2 Å². The van der Waals surface area contributed by atoms with Gasteiger partial charge in [0.25, 0.3) is 5.91 Å². The molecule has 3 rings (SSSR count). The summed E-state index contributed by atoms with van der Waals surface area (Å²) >= 11 is 0. The van der Waals surface area contributed by atoms with Crippen LogP contribution in [0.15, 0.2) is 22.6 Å². The van der Waals surface area contributed by atoms with Crippen LogP contribution in [0.2, 0.25) is 0 Å². The van der Waals surface area contributed by atoms with Crippen LogP contribution in [0, 0.1) is 20.8 Å². The number of carbonyl (C=O) groups excluding carboxylic acids is 1. The van der Waals surface area contributed by atoms with Gasteiger partial charge in [0, 0.05) is 5.56 Å². The Morgan fingerprint density at radius 3 is 2.67 bits per heavy atom. The fourth-order valence-electron chi connectivity index (χ4n) is 2.65. The molecule has 1 aliphatic heterocycles. The molecule has 2 heterocycles. The van der Waals surface area contributed by atoms with E-state index in [9.17, 15) is 9.90 Å². The molecule has 1 amide bonds. The molecule has 0 aliphatic carbocycles. The molecule has 110 valence electrons. The molecule has 5 nitrogen and oxygen atoms in total. The molecule has 5 heteroatoms. The molecule has 0 radical (unpaired) electrons. The summed E-state index contributed by atoms with van der Waals surface area (Å²) in [6, 6.07) is 5.28. The fraction of sp³-hybridized carbons (Fsp3) is 0.312. The fourth-order valence-corrected chi connectivity index (χ4v) is 2.65. The Bertz CT molecular complexity index is 717. The lowest BCUT2D eigenvalue weighted by Crippen LogP contribution is -2.25. The second-order valence-electron chi connectivity index (χ2n) is 5.25. The molecule has 1 aromatic carbocycles. The van der Waals surface area contributed by atoms with E-state index in [1.807, 2.05) is 20.8 Å². The highest BCUT2D eigenvalue weighted by Crippen LogP contribution is 2.35. The second-order valence-corrected chi connectivity index (χ2v) is 5.25. The molecule has 0 saturated carbocycles. The van der Waals surface area contributed by atoms with Gasteiger partial charge in [-0.3, -0.25) is 4.79 Å². The van der Waals surface area contributed by atoms with E-state index >= 15 is 0 Å². The number of aryl methyl sites for hydroxylation is 2. The standard InChI is InChI=1S/C16H17NO4/c1-8-9(2)21-10(3)15(8)16(19)11-4-5-13-12(6-11)17-14(18)7-20-13/h4-6,16,19H,7H2,1-3H3,(H,17,18). The van der Waals surface area contributed by atoms with E-state index < -0.39 is 6.10 Å². The van der Waals surface area contributed by atoms with Crippen molar-refractivity contribution in [3.05, 3.63) is 46.4 Å². The zero-order valence-corrected chi connectivity index (χ0v) is 12.2. The Morgan fingerprint density at radius 2 is 2.00 bits per heavy atom. The van der Waals surface area contributed by atoms with Gasteiger partial charge in [0.15, 0.2) is 6.61 Å². The minimum absolute atomic E-state index is 0.0219. The maximum atomic E-state index is 11.4. The van der Waals surface area contributed by atoms with Crippen molar-refractivity contribution in [1.82, 2.24) is 0 Å². The number of aliphatic hydroxyl groups excluding tert-OH is 1. The Kier molecular flexibility index (Phi) is 3.22. The first-order valence-corrected chi connectivity index (χ1v) is 6.78. The Balaban J connectivity index is 2.00. The number of carbonyl (C=O) groups is 1. The van der Waals surface area contributed by atoms with Crippen LogP contribution in [-0.4, -0.2) is 17.6 Å². The molecule has 2 N–H and O–H groups in total. The predicted octanol–water partition coefficient (Wildman–Crippen LogP) is 2.62. The van der Waals surface area contributed by atoms with Crippen molar-refractivity contribution in [3.63, 3.8) is 0 Å². The van der Waals surface area contributed by atoms with Crippen LogP contribution < -0.4 is 10.1 Å². The minimum Gasteiger partial charge on any atom is -0.482 e. The summed E-state index contributed by atoms with van der Waals surface area (Å²) in [5, 5.41) is 13.4. The van der Waals surface area contributed by atoms with Gasteiger partial charge in [0.1, 0.15) is 23.4 Å². The molecule has 0 fully saturated rings. The SMILES string of the molecule is Cc1oc(C)c(C(O)c2ccc3c(c2)NC(=O)CO3)c1C. The third-order valence-corrected chi connectivity index (χ3v) is 3.84. The number of furan rings is 1. The van der Waals surface area contributed by atoms with Crippen LogP contribution in [0.3, 0.4) is 0 Å². The van der Waals surface area contributed by atoms with E-state index in [2.05, 4.69) is 5.32 Å². The summed E-state index contributed by atoms with van der Waals surface area (Å²) < 4.78 is 10.9. The molecule has 1 atom stereocenters. The maximum absolute atomic E-state index is 11.4. The molecule has 0 saturated heterocycles. The first kappa shape index (κ1) is 13.7. The molecular weight excluding hydrogens is 270 g/mol. The molecular formula is C16H17NO4. The molecule has 21 heavy (non-hydrogen) atoms. The number of nitrogens with one attached hydrogen (secondary N) is 1. The lowest BCUT2D eigenvalue weighted by atomic mass is 9.97. The lowest BCUT2D eigenvalue weighted by Gasteiger charge is -2.20. The highest BCUT2D eigenvalue weighted by atomic mass is 16.5. The van der Waals surface area contributed by atoms with Crippen molar-refractivity contribution in [2.24, 2.45) is 0 Å². The number of benzene rings is 1. The number of hydrogen-bond donors (Lipinski definition) is 2. The van der Waals surface area contributed by atoms with Crippen LogP contribution in [0.5, 0.6) is 5.75 Å². The molecule has 1 aliphatic rings. The molecule has 0 bridgehead atoms. The van der Waals surface area contributed by atoms with Crippen molar-refractivity contribution >= 4 is 11.6 Å². The lowest BCUT2D eigenvalue weighted by molar-refractivity contribution is -0.118. The summed E-state index contributed by atoms with van der Waals surface area (Å²) in [7, 11) is 0. The van der Waals surface area contributed by atoms with Crippen LogP contribution in [0.1, 0.15) is 34.3 Å². The van der Waals surface area contributed by atoms with E-state index in [0.717, 1.165) is 16.9 Å². The normalized spacial score (nSPS) is 15.1. The monoisotopic (exact) mass is 287 g/mol. The van der Waals surface area contributed by atoms with E-state index in [1.165, 1.54) is 0 Å². The average molecular weight is 287 g/mol. The Hall–Kier alpha value is -2.27. The van der Waals surface area contributed by atoms with Gasteiger partial charge in [-0.25, -0.2) is 0 Å². The van der Waals surface area contributed by atoms with Gasteiger partial charge in [-0.2, -0.15) is 0 Å². The highest BCUT2D eigenvalue weighted by Gasteiger charge is 2.23. The van der Waals surface area contributed by atoms with Gasteiger partial charge in [-0.15, -0.1) is 0 Å². The highest BCUT2D eigenvalue weighted by molar-refractivity contribution is 5.95. The summed E-state index contributed by atoms with van der Waals surface area (Å²) in [4.78, 5) is 11.4. The number of hydrogen-bond acceptors (Lipinski definition) is 4. The maximum Gasteiger partial charge on any atom is 0.262 e. The van der Waals surface area contributed by atoms with E-state index in [4.69, 9.17) is 9.15 Å². The Morgan fingerprint density at radius 1 is 1.24 bits per heavy atom. The number of amides is 1. The third-order valence-electron chi connectivity index (χ3n) is 3.84. The quantitative estimate of drug-likeness (QED) is 0.890. The van der Waals surface area contributed by atoms with Gasteiger partial charge in [0.2, 0.25) is 0 Å². The molecule has 0 spiro atoms. The van der Waals surface area contributed by atoms with E-state index in [0.29, 0.717) is 22.8 Å². The number of ether oxygens (including phenoxy) is 1. The number of anilines is 1. The van der Waals surface area contributed by atoms with Crippen molar-refractivity contribution in [2.75, 3.05) is 11.9 Å². The van der Waals surface area contributed by atoms with Gasteiger partial charge in [-0.1, -0.05) is 6.07 Å². The first-order chi connectivity index (χ1) is 9.97. The van der Waals surface area contributed by atoms with Gasteiger partial charge in [0.05, 0.1) is 5.69 Å². The predicted molar refractivity (Wildman–Crippen MR) is 77.5 cm³/mol. The number of rotatable bonds is 2. The number of fused-ring (bicyclic) bond motifs is 1. The van der Waals surface area contributed by atoms with Crippen LogP contribution in [-0.2, 0) is 4.79 Å². The molecule has 1 aromatic heterocycles. The third kappa shape index (κ3) is 2.29. The van der Waals surface area contributed by atoms with Crippen LogP contribution in [0.4, 0.5) is 5.69 Å². The van der Waals surface area contributed by atoms with Crippen molar-refractivity contribution < 1.29 is 19.1 Å². The van der Waals surface area contributed by atoms with Crippen molar-refractivity contribution in [2.45, 2.75) is 26.9 Å². The van der Waals surface area contributed by atoms with Crippen molar-refractivity contribution in [3.8, 4) is 5.75 Å². The second kappa shape index (κ2) is 4.93. The number of aliphatic hydroxyl groups is 1. The molecule has 1 unspecified atom stereocenters. The van der Waals surface area contributed by atoms with Crippen LogP contribution >= 0.6 is 0 Å².